The van der Waals surface area contributed by atoms with Gasteiger partial charge in [-0.15, -0.1) is 0 Å². The highest BCUT2D eigenvalue weighted by atomic mass is 79.9. The minimum atomic E-state index is 0.645. The summed E-state index contributed by atoms with van der Waals surface area (Å²) in [4.78, 5) is 0.662. The van der Waals surface area contributed by atoms with Crippen LogP contribution in [-0.4, -0.2) is 14.6 Å². The van der Waals surface area contributed by atoms with Crippen molar-refractivity contribution in [3.05, 3.63) is 16.4 Å². The molecule has 0 bridgehead atoms. The van der Waals surface area contributed by atoms with Crippen LogP contribution in [0.15, 0.2) is 10.7 Å². The van der Waals surface area contributed by atoms with Crippen molar-refractivity contribution < 1.29 is 0 Å². The van der Waals surface area contributed by atoms with Gasteiger partial charge in [0.05, 0.1) is 16.4 Å². The lowest BCUT2D eigenvalue weighted by Gasteiger charge is -2.19. The standard InChI is InChI=1S/C11H16Br2N2/c1-3-15-11(10(13)6-14-15)8-4-5-9(12)7(8)2/h6-9H,3-5H2,1-2H3. The van der Waals surface area contributed by atoms with Gasteiger partial charge in [-0.3, -0.25) is 4.68 Å². The molecule has 0 aliphatic heterocycles. The van der Waals surface area contributed by atoms with Crippen molar-refractivity contribution in [1.29, 1.82) is 0 Å². The molecule has 2 nitrogen and oxygen atoms in total. The van der Waals surface area contributed by atoms with E-state index < -0.39 is 0 Å². The monoisotopic (exact) mass is 334 g/mol. The Hall–Kier alpha value is 0.170. The lowest BCUT2D eigenvalue weighted by atomic mass is 9.94. The van der Waals surface area contributed by atoms with Crippen LogP contribution in [0.1, 0.15) is 38.3 Å². The Kier molecular flexibility index (Phi) is 3.56. The molecule has 2 rings (SSSR count). The smallest absolute Gasteiger partial charge is 0.0635 e. The molecule has 1 aromatic rings. The van der Waals surface area contributed by atoms with Crippen molar-refractivity contribution in [2.75, 3.05) is 0 Å². The zero-order chi connectivity index (χ0) is 11.0. The lowest BCUT2D eigenvalue weighted by molar-refractivity contribution is 0.488. The largest absolute Gasteiger partial charge is 0.268 e. The van der Waals surface area contributed by atoms with Crippen LogP contribution in [0.5, 0.6) is 0 Å². The number of nitrogens with zero attached hydrogens (tertiary/aromatic N) is 2. The maximum absolute atomic E-state index is 4.39. The molecule has 1 aliphatic carbocycles. The maximum Gasteiger partial charge on any atom is 0.0635 e. The van der Waals surface area contributed by atoms with Crippen LogP contribution in [0.2, 0.25) is 0 Å². The Labute approximate surface area is 108 Å². The second-order valence-corrected chi connectivity index (χ2v) is 6.28. The van der Waals surface area contributed by atoms with Crippen LogP contribution in [0.3, 0.4) is 0 Å². The van der Waals surface area contributed by atoms with Gasteiger partial charge in [0.25, 0.3) is 0 Å². The van der Waals surface area contributed by atoms with Crippen molar-refractivity contribution >= 4 is 31.9 Å². The topological polar surface area (TPSA) is 17.8 Å². The van der Waals surface area contributed by atoms with Gasteiger partial charge in [-0.05, 0) is 41.6 Å². The predicted molar refractivity (Wildman–Crippen MR) is 69.5 cm³/mol. The van der Waals surface area contributed by atoms with E-state index in [2.05, 4.69) is 55.5 Å². The fourth-order valence-corrected chi connectivity index (χ4v) is 3.72. The molecule has 0 saturated heterocycles. The molecule has 1 heterocycles. The van der Waals surface area contributed by atoms with E-state index in [0.29, 0.717) is 16.7 Å². The highest BCUT2D eigenvalue weighted by Gasteiger charge is 2.35. The van der Waals surface area contributed by atoms with Gasteiger partial charge in [0.2, 0.25) is 0 Å². The van der Waals surface area contributed by atoms with Crippen molar-refractivity contribution in [2.45, 2.75) is 44.0 Å². The van der Waals surface area contributed by atoms with Gasteiger partial charge in [-0.25, -0.2) is 0 Å². The molecule has 0 amide bonds. The molecule has 3 atom stereocenters. The summed E-state index contributed by atoms with van der Waals surface area (Å²) < 4.78 is 3.29. The molecule has 15 heavy (non-hydrogen) atoms. The van der Waals surface area contributed by atoms with E-state index in [0.717, 1.165) is 6.54 Å². The van der Waals surface area contributed by atoms with E-state index in [1.54, 1.807) is 0 Å². The normalized spacial score (nSPS) is 31.1. The molecule has 84 valence electrons. The number of halogens is 2. The first kappa shape index (κ1) is 11.6. The fraction of sp³-hybridized carbons (Fsp3) is 0.727. The van der Waals surface area contributed by atoms with E-state index in [1.807, 2.05) is 6.20 Å². The first-order valence-electron chi connectivity index (χ1n) is 5.50. The van der Waals surface area contributed by atoms with E-state index in [4.69, 9.17) is 0 Å². The van der Waals surface area contributed by atoms with Crippen LogP contribution >= 0.6 is 31.9 Å². The van der Waals surface area contributed by atoms with Gasteiger partial charge in [-0.1, -0.05) is 22.9 Å². The summed E-state index contributed by atoms with van der Waals surface area (Å²) in [6.45, 7) is 5.43. The number of aryl methyl sites for hydroxylation is 1. The Morgan fingerprint density at radius 3 is 2.80 bits per heavy atom. The molecular formula is C11H16Br2N2. The van der Waals surface area contributed by atoms with Gasteiger partial charge in [0, 0.05) is 17.3 Å². The first-order chi connectivity index (χ1) is 7.15. The third kappa shape index (κ3) is 2.03. The SMILES string of the molecule is CCn1ncc(Br)c1C1CCC(Br)C1C. The molecule has 0 radical (unpaired) electrons. The maximum atomic E-state index is 4.39. The van der Waals surface area contributed by atoms with Gasteiger partial charge >= 0.3 is 0 Å². The van der Waals surface area contributed by atoms with Crippen LogP contribution in [-0.2, 0) is 6.54 Å². The zero-order valence-corrected chi connectivity index (χ0v) is 12.3. The van der Waals surface area contributed by atoms with Gasteiger partial charge in [-0.2, -0.15) is 5.10 Å². The van der Waals surface area contributed by atoms with Crippen molar-refractivity contribution in [1.82, 2.24) is 9.78 Å². The number of aromatic nitrogens is 2. The van der Waals surface area contributed by atoms with Crippen LogP contribution < -0.4 is 0 Å². The number of hydrogen-bond donors (Lipinski definition) is 0. The highest BCUT2D eigenvalue weighted by Crippen LogP contribution is 2.44. The molecule has 0 aromatic carbocycles. The average Bonchev–Trinajstić information content (AvgIpc) is 2.73. The minimum absolute atomic E-state index is 0.645. The number of alkyl halides is 1. The van der Waals surface area contributed by atoms with E-state index >= 15 is 0 Å². The molecular weight excluding hydrogens is 320 g/mol. The molecule has 1 aromatic heterocycles. The first-order valence-corrected chi connectivity index (χ1v) is 7.21. The summed E-state index contributed by atoms with van der Waals surface area (Å²) in [5.41, 5.74) is 1.38. The quantitative estimate of drug-likeness (QED) is 0.748. The zero-order valence-electron chi connectivity index (χ0n) is 9.08. The second kappa shape index (κ2) is 4.58. The molecule has 1 saturated carbocycles. The fourth-order valence-electron chi connectivity index (χ4n) is 2.49. The lowest BCUT2D eigenvalue weighted by Crippen LogP contribution is -2.14. The minimum Gasteiger partial charge on any atom is -0.268 e. The van der Waals surface area contributed by atoms with Gasteiger partial charge in [0.15, 0.2) is 0 Å². The Morgan fingerprint density at radius 1 is 1.53 bits per heavy atom. The van der Waals surface area contributed by atoms with Crippen molar-refractivity contribution in [3.63, 3.8) is 0 Å². The summed E-state index contributed by atoms with van der Waals surface area (Å²) in [7, 11) is 0. The Bertz CT molecular complexity index is 348. The Balaban J connectivity index is 2.32. The summed E-state index contributed by atoms with van der Waals surface area (Å²) in [6.07, 6.45) is 4.46. The number of rotatable bonds is 2. The van der Waals surface area contributed by atoms with Gasteiger partial charge in [0.1, 0.15) is 0 Å². The summed E-state index contributed by atoms with van der Waals surface area (Å²) in [5, 5.41) is 4.39. The Morgan fingerprint density at radius 2 is 2.27 bits per heavy atom. The van der Waals surface area contributed by atoms with E-state index in [-0.39, 0.29) is 0 Å². The molecule has 3 unspecified atom stereocenters. The van der Waals surface area contributed by atoms with Crippen molar-refractivity contribution in [3.8, 4) is 0 Å². The van der Waals surface area contributed by atoms with Crippen LogP contribution in [0.25, 0.3) is 0 Å². The highest BCUT2D eigenvalue weighted by molar-refractivity contribution is 9.10. The van der Waals surface area contributed by atoms with Crippen LogP contribution in [0, 0.1) is 5.92 Å². The molecule has 0 N–H and O–H groups in total. The summed E-state index contributed by atoms with van der Waals surface area (Å²) in [5.74, 6) is 1.34. The third-order valence-electron chi connectivity index (χ3n) is 3.44. The summed E-state index contributed by atoms with van der Waals surface area (Å²) in [6, 6.07) is 0. The van der Waals surface area contributed by atoms with E-state index in [9.17, 15) is 0 Å². The van der Waals surface area contributed by atoms with Crippen molar-refractivity contribution in [2.24, 2.45) is 5.92 Å². The number of hydrogen-bond acceptors (Lipinski definition) is 1. The molecule has 1 aliphatic rings. The second-order valence-electron chi connectivity index (χ2n) is 4.25. The van der Waals surface area contributed by atoms with Crippen LogP contribution in [0.4, 0.5) is 0 Å². The van der Waals surface area contributed by atoms with Gasteiger partial charge < -0.3 is 0 Å². The van der Waals surface area contributed by atoms with E-state index in [1.165, 1.54) is 23.0 Å². The predicted octanol–water partition coefficient (Wildman–Crippen LogP) is 3.94. The molecule has 0 spiro atoms. The average molecular weight is 336 g/mol. The summed E-state index contributed by atoms with van der Waals surface area (Å²) >= 11 is 7.37. The molecule has 1 fully saturated rings. The third-order valence-corrected chi connectivity index (χ3v) is 5.35. The molecule has 4 heteroatoms.